The maximum Gasteiger partial charge on any atom is 0.0404 e. The van der Waals surface area contributed by atoms with Gasteiger partial charge in [-0.05, 0) is 63.5 Å². The van der Waals surface area contributed by atoms with Gasteiger partial charge in [-0.2, -0.15) is 0 Å². The van der Waals surface area contributed by atoms with Gasteiger partial charge in [0.15, 0.2) is 0 Å². The molecule has 92 valence electrons. The van der Waals surface area contributed by atoms with Crippen molar-refractivity contribution in [3.05, 3.63) is 29.3 Å². The van der Waals surface area contributed by atoms with Gasteiger partial charge in [-0.1, -0.05) is 12.1 Å². The van der Waals surface area contributed by atoms with Crippen LogP contribution >= 0.6 is 0 Å². The van der Waals surface area contributed by atoms with Gasteiger partial charge in [0.1, 0.15) is 0 Å². The Kier molecular flexibility index (Phi) is 2.83. The molecule has 0 unspecified atom stereocenters. The number of nitrogens with zero attached hydrogens (tertiary/aromatic N) is 2. The second-order valence-electron chi connectivity index (χ2n) is 5.55. The average molecular weight is 230 g/mol. The smallest absolute Gasteiger partial charge is 0.0404 e. The van der Waals surface area contributed by atoms with Crippen LogP contribution in [0, 0.1) is 6.92 Å². The number of hydrogen-bond acceptors (Lipinski definition) is 2. The molecule has 1 aromatic carbocycles. The highest BCUT2D eigenvalue weighted by Gasteiger charge is 2.28. The molecule has 2 nitrogen and oxygen atoms in total. The maximum atomic E-state index is 2.66. The molecule has 0 N–H and O–H groups in total. The highest BCUT2D eigenvalue weighted by molar-refractivity contribution is 5.61. The molecule has 3 rings (SSSR count). The SMILES string of the molecule is Cc1cccc2c1CCN2C1CCN(C)CC1. The van der Waals surface area contributed by atoms with Crippen LogP contribution < -0.4 is 4.90 Å². The second kappa shape index (κ2) is 4.34. The summed E-state index contributed by atoms with van der Waals surface area (Å²) in [5, 5.41) is 0. The molecule has 0 amide bonds. The third kappa shape index (κ3) is 1.95. The molecule has 1 fully saturated rings. The molecule has 0 aromatic heterocycles. The molecular formula is C15H22N2. The molecule has 0 aliphatic carbocycles. The number of likely N-dealkylation sites (tertiary alicyclic amines) is 1. The molecular weight excluding hydrogens is 208 g/mol. The molecule has 0 spiro atoms. The predicted molar refractivity (Wildman–Crippen MR) is 72.7 cm³/mol. The first kappa shape index (κ1) is 11.1. The van der Waals surface area contributed by atoms with Gasteiger partial charge in [-0.15, -0.1) is 0 Å². The van der Waals surface area contributed by atoms with Crippen LogP contribution in [-0.4, -0.2) is 37.6 Å². The second-order valence-corrected chi connectivity index (χ2v) is 5.55. The zero-order chi connectivity index (χ0) is 11.8. The molecule has 0 atom stereocenters. The molecule has 2 aliphatic rings. The van der Waals surface area contributed by atoms with Crippen LogP contribution in [0.25, 0.3) is 0 Å². The molecule has 0 saturated carbocycles. The van der Waals surface area contributed by atoms with E-state index >= 15 is 0 Å². The van der Waals surface area contributed by atoms with Crippen molar-refractivity contribution in [2.45, 2.75) is 32.2 Å². The van der Waals surface area contributed by atoms with Crippen LogP contribution in [0.3, 0.4) is 0 Å². The molecule has 1 aromatic rings. The molecule has 2 aliphatic heterocycles. The van der Waals surface area contributed by atoms with Crippen LogP contribution in [0.15, 0.2) is 18.2 Å². The van der Waals surface area contributed by atoms with Crippen molar-refractivity contribution in [3.63, 3.8) is 0 Å². The van der Waals surface area contributed by atoms with Gasteiger partial charge in [0, 0.05) is 18.3 Å². The average Bonchev–Trinajstić information content (AvgIpc) is 2.75. The molecule has 17 heavy (non-hydrogen) atoms. The van der Waals surface area contributed by atoms with Crippen molar-refractivity contribution in [2.75, 3.05) is 31.6 Å². The first-order chi connectivity index (χ1) is 8.25. The number of benzene rings is 1. The molecule has 2 heterocycles. The third-order valence-electron chi connectivity index (χ3n) is 4.43. The summed E-state index contributed by atoms with van der Waals surface area (Å²) in [6.45, 7) is 5.98. The topological polar surface area (TPSA) is 6.48 Å². The summed E-state index contributed by atoms with van der Waals surface area (Å²) >= 11 is 0. The van der Waals surface area contributed by atoms with Gasteiger partial charge in [0.05, 0.1) is 0 Å². The summed E-state index contributed by atoms with van der Waals surface area (Å²) < 4.78 is 0. The van der Waals surface area contributed by atoms with Crippen molar-refractivity contribution >= 4 is 5.69 Å². The lowest BCUT2D eigenvalue weighted by Crippen LogP contribution is -2.43. The van der Waals surface area contributed by atoms with E-state index in [2.05, 4.69) is 42.0 Å². The van der Waals surface area contributed by atoms with Crippen LogP contribution in [0.2, 0.25) is 0 Å². The standard InChI is InChI=1S/C15H22N2/c1-12-4-3-5-15-14(12)8-11-17(15)13-6-9-16(2)10-7-13/h3-5,13H,6-11H2,1-2H3. The van der Waals surface area contributed by atoms with E-state index in [0.717, 1.165) is 6.04 Å². The highest BCUT2D eigenvalue weighted by Crippen LogP contribution is 2.34. The number of fused-ring (bicyclic) bond motifs is 1. The van der Waals surface area contributed by atoms with E-state index in [9.17, 15) is 0 Å². The van der Waals surface area contributed by atoms with Crippen LogP contribution in [0.4, 0.5) is 5.69 Å². The minimum absolute atomic E-state index is 0.772. The first-order valence-corrected chi connectivity index (χ1v) is 6.79. The Morgan fingerprint density at radius 1 is 1.12 bits per heavy atom. The Morgan fingerprint density at radius 3 is 2.65 bits per heavy atom. The number of rotatable bonds is 1. The first-order valence-electron chi connectivity index (χ1n) is 6.79. The lowest BCUT2D eigenvalue weighted by Gasteiger charge is -2.36. The van der Waals surface area contributed by atoms with Crippen molar-refractivity contribution in [1.29, 1.82) is 0 Å². The number of hydrogen-bond donors (Lipinski definition) is 0. The third-order valence-corrected chi connectivity index (χ3v) is 4.43. The quantitative estimate of drug-likeness (QED) is 0.731. The largest absolute Gasteiger partial charge is 0.368 e. The van der Waals surface area contributed by atoms with E-state index in [4.69, 9.17) is 0 Å². The van der Waals surface area contributed by atoms with Crippen LogP contribution in [0.5, 0.6) is 0 Å². The lowest BCUT2D eigenvalue weighted by molar-refractivity contribution is 0.251. The molecule has 2 heteroatoms. The fourth-order valence-electron chi connectivity index (χ4n) is 3.32. The predicted octanol–water partition coefficient (Wildman–Crippen LogP) is 2.45. The lowest BCUT2D eigenvalue weighted by atomic mass is 10.0. The molecule has 0 bridgehead atoms. The summed E-state index contributed by atoms with van der Waals surface area (Å²) in [5.41, 5.74) is 4.57. The minimum atomic E-state index is 0.772. The van der Waals surface area contributed by atoms with E-state index in [1.54, 1.807) is 5.56 Å². The Bertz CT molecular complexity index is 405. The van der Waals surface area contributed by atoms with Crippen LogP contribution in [0.1, 0.15) is 24.0 Å². The Morgan fingerprint density at radius 2 is 1.88 bits per heavy atom. The summed E-state index contributed by atoms with van der Waals surface area (Å²) in [6, 6.07) is 7.54. The van der Waals surface area contributed by atoms with Gasteiger partial charge in [0.2, 0.25) is 0 Å². The number of anilines is 1. The van der Waals surface area contributed by atoms with Gasteiger partial charge in [-0.25, -0.2) is 0 Å². The van der Waals surface area contributed by atoms with E-state index in [1.807, 2.05) is 0 Å². The van der Waals surface area contributed by atoms with Gasteiger partial charge >= 0.3 is 0 Å². The Balaban J connectivity index is 1.82. The fraction of sp³-hybridized carbons (Fsp3) is 0.600. The summed E-state index contributed by atoms with van der Waals surface area (Å²) in [5.74, 6) is 0. The van der Waals surface area contributed by atoms with Crippen molar-refractivity contribution < 1.29 is 0 Å². The molecule has 0 radical (unpaired) electrons. The normalized spacial score (nSPS) is 21.9. The van der Waals surface area contributed by atoms with Crippen molar-refractivity contribution in [2.24, 2.45) is 0 Å². The van der Waals surface area contributed by atoms with Crippen LogP contribution in [-0.2, 0) is 6.42 Å². The Hall–Kier alpha value is -1.02. The van der Waals surface area contributed by atoms with Gasteiger partial charge in [0.25, 0.3) is 0 Å². The monoisotopic (exact) mass is 230 g/mol. The zero-order valence-electron chi connectivity index (χ0n) is 10.9. The Labute approximate surface area is 104 Å². The zero-order valence-corrected chi connectivity index (χ0v) is 10.9. The van der Waals surface area contributed by atoms with Gasteiger partial charge in [-0.3, -0.25) is 0 Å². The minimum Gasteiger partial charge on any atom is -0.368 e. The molecule has 1 saturated heterocycles. The summed E-state index contributed by atoms with van der Waals surface area (Å²) in [6.07, 6.45) is 3.89. The number of aryl methyl sites for hydroxylation is 1. The van der Waals surface area contributed by atoms with Gasteiger partial charge < -0.3 is 9.80 Å². The van der Waals surface area contributed by atoms with Crippen molar-refractivity contribution in [3.8, 4) is 0 Å². The maximum absolute atomic E-state index is 2.66. The highest BCUT2D eigenvalue weighted by atomic mass is 15.2. The summed E-state index contributed by atoms with van der Waals surface area (Å²) in [7, 11) is 2.23. The van der Waals surface area contributed by atoms with E-state index in [1.165, 1.54) is 50.1 Å². The number of piperidine rings is 1. The van der Waals surface area contributed by atoms with E-state index < -0.39 is 0 Å². The van der Waals surface area contributed by atoms with Crippen molar-refractivity contribution in [1.82, 2.24) is 4.90 Å². The fourth-order valence-corrected chi connectivity index (χ4v) is 3.32. The van der Waals surface area contributed by atoms with E-state index in [0.29, 0.717) is 0 Å². The summed E-state index contributed by atoms with van der Waals surface area (Å²) in [4.78, 5) is 5.11. The van der Waals surface area contributed by atoms with E-state index in [-0.39, 0.29) is 0 Å².